The minimum atomic E-state index is -0.476. The quantitative estimate of drug-likeness (QED) is 0.690. The number of benzene rings is 1. The average molecular weight is 324 g/mol. The molecule has 2 aromatic rings. The first-order valence-electron chi connectivity index (χ1n) is 5.33. The molecule has 0 saturated heterocycles. The molecule has 6 nitrogen and oxygen atoms in total. The molecule has 1 aromatic heterocycles. The Labute approximate surface area is 117 Å². The number of rotatable bonds is 4. The summed E-state index contributed by atoms with van der Waals surface area (Å²) in [5.41, 5.74) is 6.83. The molecule has 0 unspecified atom stereocenters. The Hall–Kier alpha value is -2.15. The zero-order chi connectivity index (χ0) is 13.8. The fraction of sp³-hybridized carbons (Fsp3) is 0.0833. The second-order valence-electron chi connectivity index (χ2n) is 3.77. The van der Waals surface area contributed by atoms with E-state index in [0.29, 0.717) is 21.6 Å². The minimum Gasteiger partial charge on any atom is -0.487 e. The van der Waals surface area contributed by atoms with E-state index in [1.54, 1.807) is 24.4 Å². The summed E-state index contributed by atoms with van der Waals surface area (Å²) >= 11 is 3.20. The van der Waals surface area contributed by atoms with Crippen LogP contribution in [0, 0.1) is 10.1 Å². The Morgan fingerprint density at radius 3 is 2.84 bits per heavy atom. The molecular formula is C12H10BrN3O3. The zero-order valence-corrected chi connectivity index (χ0v) is 11.3. The summed E-state index contributed by atoms with van der Waals surface area (Å²) in [6.45, 7) is 0.193. The molecular weight excluding hydrogens is 314 g/mol. The Bertz CT molecular complexity index is 619. The van der Waals surface area contributed by atoms with Crippen LogP contribution in [0.3, 0.4) is 0 Å². The van der Waals surface area contributed by atoms with Crippen molar-refractivity contribution in [2.75, 3.05) is 5.73 Å². The fourth-order valence-corrected chi connectivity index (χ4v) is 1.93. The molecule has 1 heterocycles. The van der Waals surface area contributed by atoms with E-state index in [9.17, 15) is 10.1 Å². The maximum Gasteiger partial charge on any atom is 0.274 e. The molecule has 0 aliphatic carbocycles. The number of pyridine rings is 1. The third kappa shape index (κ3) is 3.65. The van der Waals surface area contributed by atoms with Crippen molar-refractivity contribution in [2.45, 2.75) is 6.61 Å². The van der Waals surface area contributed by atoms with Gasteiger partial charge >= 0.3 is 0 Å². The van der Waals surface area contributed by atoms with Gasteiger partial charge in [0.25, 0.3) is 5.69 Å². The van der Waals surface area contributed by atoms with Crippen LogP contribution in [0.4, 0.5) is 11.4 Å². The zero-order valence-electron chi connectivity index (χ0n) is 9.75. The van der Waals surface area contributed by atoms with E-state index in [4.69, 9.17) is 10.5 Å². The van der Waals surface area contributed by atoms with Crippen LogP contribution in [0.25, 0.3) is 0 Å². The van der Waals surface area contributed by atoms with Crippen LogP contribution < -0.4 is 10.5 Å². The maximum absolute atomic E-state index is 10.7. The first-order valence-corrected chi connectivity index (χ1v) is 6.12. The van der Waals surface area contributed by atoms with Crippen molar-refractivity contribution >= 4 is 27.3 Å². The number of non-ortho nitro benzene ring substituents is 1. The number of nitrogens with zero attached hydrogens (tertiary/aromatic N) is 2. The molecule has 19 heavy (non-hydrogen) atoms. The second-order valence-corrected chi connectivity index (χ2v) is 4.69. The van der Waals surface area contributed by atoms with E-state index in [1.807, 2.05) is 0 Å². The number of hydrogen-bond donors (Lipinski definition) is 1. The summed E-state index contributed by atoms with van der Waals surface area (Å²) in [4.78, 5) is 14.3. The predicted molar refractivity (Wildman–Crippen MR) is 73.8 cm³/mol. The van der Waals surface area contributed by atoms with Crippen molar-refractivity contribution in [3.63, 3.8) is 0 Å². The molecule has 0 radical (unpaired) electrons. The SMILES string of the molecule is Nc1ccnc(COc2cc(Br)cc([N+](=O)[O-])c2)c1. The van der Waals surface area contributed by atoms with Gasteiger partial charge in [0.2, 0.25) is 0 Å². The number of ether oxygens (including phenoxy) is 1. The molecule has 1 aromatic carbocycles. The van der Waals surface area contributed by atoms with Crippen LogP contribution in [0.2, 0.25) is 0 Å². The molecule has 0 saturated carbocycles. The van der Waals surface area contributed by atoms with Crippen LogP contribution >= 0.6 is 15.9 Å². The summed E-state index contributed by atoms with van der Waals surface area (Å²) in [5.74, 6) is 0.394. The molecule has 0 bridgehead atoms. The van der Waals surface area contributed by atoms with Gasteiger partial charge in [-0.1, -0.05) is 15.9 Å². The van der Waals surface area contributed by atoms with Gasteiger partial charge in [-0.15, -0.1) is 0 Å². The van der Waals surface area contributed by atoms with Crippen molar-refractivity contribution in [1.82, 2.24) is 4.98 Å². The highest BCUT2D eigenvalue weighted by molar-refractivity contribution is 9.10. The van der Waals surface area contributed by atoms with Gasteiger partial charge in [-0.3, -0.25) is 15.1 Å². The van der Waals surface area contributed by atoms with Gasteiger partial charge < -0.3 is 10.5 Å². The first kappa shape index (κ1) is 13.3. The molecule has 7 heteroatoms. The number of hydrogen-bond acceptors (Lipinski definition) is 5. The first-order chi connectivity index (χ1) is 9.04. The highest BCUT2D eigenvalue weighted by Crippen LogP contribution is 2.26. The molecule has 0 aliphatic rings. The Morgan fingerprint density at radius 2 is 2.16 bits per heavy atom. The molecule has 0 spiro atoms. The largest absolute Gasteiger partial charge is 0.487 e. The van der Waals surface area contributed by atoms with E-state index >= 15 is 0 Å². The van der Waals surface area contributed by atoms with Gasteiger partial charge in [0.05, 0.1) is 16.7 Å². The van der Waals surface area contributed by atoms with Gasteiger partial charge in [-0.05, 0) is 18.2 Å². The predicted octanol–water partition coefficient (Wildman–Crippen LogP) is 2.91. The lowest BCUT2D eigenvalue weighted by Gasteiger charge is -2.06. The number of nitrogen functional groups attached to an aromatic ring is 1. The highest BCUT2D eigenvalue weighted by Gasteiger charge is 2.09. The normalized spacial score (nSPS) is 10.2. The summed E-state index contributed by atoms with van der Waals surface area (Å²) in [7, 11) is 0. The maximum atomic E-state index is 10.7. The molecule has 0 amide bonds. The lowest BCUT2D eigenvalue weighted by Crippen LogP contribution is -2.00. The van der Waals surface area contributed by atoms with Gasteiger partial charge in [0.15, 0.2) is 0 Å². The number of halogens is 1. The smallest absolute Gasteiger partial charge is 0.274 e. The van der Waals surface area contributed by atoms with E-state index in [-0.39, 0.29) is 12.3 Å². The number of anilines is 1. The van der Waals surface area contributed by atoms with Crippen LogP contribution in [-0.4, -0.2) is 9.91 Å². The lowest BCUT2D eigenvalue weighted by atomic mass is 10.3. The van der Waals surface area contributed by atoms with E-state index < -0.39 is 4.92 Å². The third-order valence-corrected chi connectivity index (χ3v) is 2.75. The van der Waals surface area contributed by atoms with E-state index in [0.717, 1.165) is 0 Å². The minimum absolute atomic E-state index is 0.0371. The Balaban J connectivity index is 2.13. The van der Waals surface area contributed by atoms with E-state index in [1.165, 1.54) is 12.1 Å². The van der Waals surface area contributed by atoms with Crippen molar-refractivity contribution < 1.29 is 9.66 Å². The van der Waals surface area contributed by atoms with Gasteiger partial charge in [-0.25, -0.2) is 0 Å². The lowest BCUT2D eigenvalue weighted by molar-refractivity contribution is -0.385. The summed E-state index contributed by atoms with van der Waals surface area (Å²) < 4.78 is 6.05. The summed E-state index contributed by atoms with van der Waals surface area (Å²) in [6.07, 6.45) is 1.58. The standard InChI is InChI=1S/C12H10BrN3O3/c13-8-3-11(16(17)18)6-12(4-8)19-7-10-5-9(14)1-2-15-10/h1-6H,7H2,(H2,14,15). The molecule has 98 valence electrons. The number of nitrogens with two attached hydrogens (primary N) is 1. The van der Waals surface area contributed by atoms with Crippen molar-refractivity contribution in [1.29, 1.82) is 0 Å². The van der Waals surface area contributed by atoms with Crippen LogP contribution in [0.1, 0.15) is 5.69 Å². The van der Waals surface area contributed by atoms with Crippen LogP contribution in [-0.2, 0) is 6.61 Å². The third-order valence-electron chi connectivity index (χ3n) is 2.29. The monoisotopic (exact) mass is 323 g/mol. The molecule has 2 rings (SSSR count). The van der Waals surface area contributed by atoms with Gasteiger partial charge in [0.1, 0.15) is 12.4 Å². The molecule has 0 aliphatic heterocycles. The van der Waals surface area contributed by atoms with Gasteiger partial charge in [-0.2, -0.15) is 0 Å². The molecule has 0 atom stereocenters. The highest BCUT2D eigenvalue weighted by atomic mass is 79.9. The second kappa shape index (κ2) is 5.66. The van der Waals surface area contributed by atoms with Gasteiger partial charge in [0, 0.05) is 22.4 Å². The fourth-order valence-electron chi connectivity index (χ4n) is 1.47. The number of nitro benzene ring substituents is 1. The number of nitro groups is 1. The Kier molecular flexibility index (Phi) is 3.96. The number of aromatic nitrogens is 1. The molecule has 2 N–H and O–H groups in total. The van der Waals surface area contributed by atoms with Crippen molar-refractivity contribution in [3.05, 3.63) is 56.8 Å². The summed E-state index contributed by atoms with van der Waals surface area (Å²) in [5, 5.41) is 10.7. The Morgan fingerprint density at radius 1 is 1.37 bits per heavy atom. The molecule has 0 fully saturated rings. The topological polar surface area (TPSA) is 91.3 Å². The van der Waals surface area contributed by atoms with E-state index in [2.05, 4.69) is 20.9 Å². The van der Waals surface area contributed by atoms with Crippen LogP contribution in [0.15, 0.2) is 41.0 Å². The average Bonchev–Trinajstić information content (AvgIpc) is 2.36. The van der Waals surface area contributed by atoms with Crippen molar-refractivity contribution in [3.8, 4) is 5.75 Å². The van der Waals surface area contributed by atoms with Crippen LogP contribution in [0.5, 0.6) is 5.75 Å². The van der Waals surface area contributed by atoms with Crippen molar-refractivity contribution in [2.24, 2.45) is 0 Å². The summed E-state index contributed by atoms with van der Waals surface area (Å²) in [6, 6.07) is 7.78.